The number of esters is 1. The van der Waals surface area contributed by atoms with Crippen molar-refractivity contribution in [1.82, 2.24) is 0 Å². The van der Waals surface area contributed by atoms with Crippen LogP contribution in [0.4, 0.5) is 0 Å². The monoisotopic (exact) mass is 498 g/mol. The molecule has 1 aromatic rings. The van der Waals surface area contributed by atoms with Crippen LogP contribution in [0.3, 0.4) is 0 Å². The lowest BCUT2D eigenvalue weighted by Crippen LogP contribution is -2.42. The predicted molar refractivity (Wildman–Crippen MR) is 146 cm³/mol. The van der Waals surface area contributed by atoms with E-state index in [9.17, 15) is 4.79 Å². The molecule has 1 aromatic carbocycles. The first-order valence-corrected chi connectivity index (χ1v) is 16.1. The topological polar surface area (TPSA) is 44.8 Å². The average molecular weight is 499 g/mol. The molecule has 0 amide bonds. The van der Waals surface area contributed by atoms with Crippen molar-refractivity contribution < 1.29 is 18.7 Å². The molecule has 1 aliphatic heterocycles. The quantitative estimate of drug-likeness (QED) is 0.180. The number of rotatable bonds is 11. The summed E-state index contributed by atoms with van der Waals surface area (Å²) in [4.78, 5) is 12.2. The summed E-state index contributed by atoms with van der Waals surface area (Å²) in [6.45, 7) is 20.2. The van der Waals surface area contributed by atoms with Gasteiger partial charge in [0.15, 0.2) is 13.9 Å². The zero-order valence-electron chi connectivity index (χ0n) is 23.1. The van der Waals surface area contributed by atoms with Crippen LogP contribution in [-0.4, -0.2) is 33.1 Å². The molecule has 3 atom stereocenters. The van der Waals surface area contributed by atoms with Gasteiger partial charge in [-0.25, -0.2) is 4.79 Å². The Bertz CT molecular complexity index is 927. The smallest absolute Gasteiger partial charge is 0.331 e. The second-order valence-electron chi connectivity index (χ2n) is 12.6. The Labute approximate surface area is 214 Å². The zero-order valence-corrected chi connectivity index (χ0v) is 24.1. The van der Waals surface area contributed by atoms with E-state index in [4.69, 9.17) is 13.9 Å². The summed E-state index contributed by atoms with van der Waals surface area (Å²) in [6, 6.07) is 10.1. The van der Waals surface area contributed by atoms with E-state index in [0.29, 0.717) is 31.5 Å². The molecule has 0 spiro atoms. The van der Waals surface area contributed by atoms with Crippen molar-refractivity contribution in [3.8, 4) is 0 Å². The standard InChI is InChI=1S/C30H46O4Si/c1-23(2)26-15-14-25(29(26,6)18-19-33-35(7,8)28(3,4)5)20-30(17-16-27(31)34-30)22-32-21-24-12-10-9-11-13-24/h9-14,16-17,23,26H,15,18-22H2,1-8H3/t26-,29+,30?/m1/s1. The number of carbonyl (C=O) groups excluding carboxylic acids is 1. The van der Waals surface area contributed by atoms with Crippen molar-refractivity contribution in [1.29, 1.82) is 0 Å². The molecule has 3 rings (SSSR count). The molecule has 1 heterocycles. The molecule has 35 heavy (non-hydrogen) atoms. The van der Waals surface area contributed by atoms with Crippen molar-refractivity contribution >= 4 is 14.3 Å². The number of hydrogen-bond acceptors (Lipinski definition) is 4. The van der Waals surface area contributed by atoms with Gasteiger partial charge in [-0.1, -0.05) is 83.5 Å². The van der Waals surface area contributed by atoms with E-state index >= 15 is 0 Å². The van der Waals surface area contributed by atoms with Gasteiger partial charge in [0.1, 0.15) is 0 Å². The van der Waals surface area contributed by atoms with E-state index in [-0.39, 0.29) is 16.4 Å². The lowest BCUT2D eigenvalue weighted by molar-refractivity contribution is -0.150. The number of hydrogen-bond donors (Lipinski definition) is 0. The minimum Gasteiger partial charge on any atom is -0.449 e. The summed E-state index contributed by atoms with van der Waals surface area (Å²) >= 11 is 0. The average Bonchev–Trinajstić information content (AvgIpc) is 3.28. The molecular weight excluding hydrogens is 452 g/mol. The minimum absolute atomic E-state index is 0.00575. The summed E-state index contributed by atoms with van der Waals surface area (Å²) in [5.74, 6) is 0.827. The molecular formula is C30H46O4Si. The van der Waals surface area contributed by atoms with Gasteiger partial charge in [-0.05, 0) is 59.9 Å². The highest BCUT2D eigenvalue weighted by atomic mass is 28.4. The second-order valence-corrected chi connectivity index (χ2v) is 17.4. The lowest BCUT2D eigenvalue weighted by Gasteiger charge is -2.42. The van der Waals surface area contributed by atoms with Gasteiger partial charge in [0, 0.05) is 19.1 Å². The molecule has 0 bridgehead atoms. The van der Waals surface area contributed by atoms with Gasteiger partial charge in [0.05, 0.1) is 13.2 Å². The van der Waals surface area contributed by atoms with E-state index < -0.39 is 13.9 Å². The van der Waals surface area contributed by atoms with Crippen molar-refractivity contribution in [2.45, 2.75) is 91.1 Å². The van der Waals surface area contributed by atoms with Gasteiger partial charge in [-0.15, -0.1) is 0 Å². The zero-order chi connectivity index (χ0) is 25.9. The Morgan fingerprint density at radius 3 is 2.43 bits per heavy atom. The predicted octanol–water partition coefficient (Wildman–Crippen LogP) is 7.47. The highest BCUT2D eigenvalue weighted by molar-refractivity contribution is 6.74. The first-order chi connectivity index (χ1) is 16.3. The Kier molecular flexibility index (Phi) is 8.55. The van der Waals surface area contributed by atoms with Crippen LogP contribution >= 0.6 is 0 Å². The van der Waals surface area contributed by atoms with Crippen LogP contribution in [0.1, 0.15) is 66.4 Å². The molecule has 0 fully saturated rings. The maximum Gasteiger partial charge on any atom is 0.331 e. The van der Waals surface area contributed by atoms with Crippen molar-refractivity contribution in [3.63, 3.8) is 0 Å². The summed E-state index contributed by atoms with van der Waals surface area (Å²) in [5.41, 5.74) is 1.75. The van der Waals surface area contributed by atoms with E-state index in [1.54, 1.807) is 6.08 Å². The van der Waals surface area contributed by atoms with Crippen LogP contribution in [0.15, 0.2) is 54.1 Å². The first kappa shape index (κ1) is 27.9. The molecule has 1 unspecified atom stereocenters. The highest BCUT2D eigenvalue weighted by Gasteiger charge is 2.47. The summed E-state index contributed by atoms with van der Waals surface area (Å²) in [7, 11) is -1.81. The van der Waals surface area contributed by atoms with Gasteiger partial charge in [0.25, 0.3) is 0 Å². The molecule has 5 heteroatoms. The third-order valence-electron chi connectivity index (χ3n) is 8.64. The Hall–Kier alpha value is -1.69. The normalized spacial score (nSPS) is 26.9. The van der Waals surface area contributed by atoms with Crippen LogP contribution in [0.25, 0.3) is 0 Å². The summed E-state index contributed by atoms with van der Waals surface area (Å²) < 4.78 is 18.6. The van der Waals surface area contributed by atoms with Crippen LogP contribution in [-0.2, 0) is 25.3 Å². The fourth-order valence-corrected chi connectivity index (χ4v) is 6.36. The SMILES string of the molecule is CC(C)[C@H]1CC=C(CC2(COCc3ccccc3)C=CC(=O)O2)[C@]1(C)CCO[Si](C)(C)C(C)(C)C. The Morgan fingerprint density at radius 1 is 1.17 bits per heavy atom. The molecule has 0 radical (unpaired) electrons. The van der Waals surface area contributed by atoms with Crippen LogP contribution in [0.2, 0.25) is 18.1 Å². The molecule has 1 aliphatic carbocycles. The van der Waals surface area contributed by atoms with E-state index in [0.717, 1.165) is 25.0 Å². The van der Waals surface area contributed by atoms with E-state index in [2.05, 4.69) is 72.8 Å². The Morgan fingerprint density at radius 2 is 1.86 bits per heavy atom. The summed E-state index contributed by atoms with van der Waals surface area (Å²) in [5, 5.41) is 0.197. The van der Waals surface area contributed by atoms with Gasteiger partial charge in [0.2, 0.25) is 0 Å². The molecule has 4 nitrogen and oxygen atoms in total. The molecule has 0 N–H and O–H groups in total. The van der Waals surface area contributed by atoms with Gasteiger partial charge in [-0.2, -0.15) is 0 Å². The first-order valence-electron chi connectivity index (χ1n) is 13.2. The maximum absolute atomic E-state index is 12.2. The third-order valence-corrected chi connectivity index (χ3v) is 13.2. The van der Waals surface area contributed by atoms with Crippen molar-refractivity contribution in [2.24, 2.45) is 17.3 Å². The largest absolute Gasteiger partial charge is 0.449 e. The second kappa shape index (κ2) is 10.7. The van der Waals surface area contributed by atoms with E-state index in [1.807, 2.05) is 24.3 Å². The van der Waals surface area contributed by atoms with Gasteiger partial charge < -0.3 is 13.9 Å². The molecule has 0 aromatic heterocycles. The number of ether oxygens (including phenoxy) is 2. The lowest BCUT2D eigenvalue weighted by atomic mass is 9.67. The van der Waals surface area contributed by atoms with E-state index in [1.165, 1.54) is 5.57 Å². The third kappa shape index (κ3) is 6.55. The molecule has 2 aliphatic rings. The number of benzene rings is 1. The van der Waals surface area contributed by atoms with Crippen LogP contribution in [0.5, 0.6) is 0 Å². The molecule has 0 saturated carbocycles. The van der Waals surface area contributed by atoms with Crippen LogP contribution < -0.4 is 0 Å². The molecule has 194 valence electrons. The fraction of sp³-hybridized carbons (Fsp3) is 0.633. The molecule has 0 saturated heterocycles. The highest BCUT2D eigenvalue weighted by Crippen LogP contribution is 2.53. The number of allylic oxidation sites excluding steroid dienone is 1. The van der Waals surface area contributed by atoms with Crippen molar-refractivity contribution in [3.05, 3.63) is 59.7 Å². The minimum atomic E-state index is -1.81. The number of cyclic esters (lactones) is 1. The van der Waals surface area contributed by atoms with Gasteiger partial charge in [-0.3, -0.25) is 0 Å². The van der Waals surface area contributed by atoms with Crippen LogP contribution in [0, 0.1) is 17.3 Å². The van der Waals surface area contributed by atoms with Crippen molar-refractivity contribution in [2.75, 3.05) is 13.2 Å². The summed E-state index contributed by atoms with van der Waals surface area (Å²) in [6.07, 6.45) is 8.57. The fourth-order valence-electron chi connectivity index (χ4n) is 5.31. The maximum atomic E-state index is 12.2. The Balaban J connectivity index is 1.74. The number of carbonyl (C=O) groups is 1. The van der Waals surface area contributed by atoms with Gasteiger partial charge >= 0.3 is 5.97 Å².